The Kier molecular flexibility index (Phi) is 7.64. The maximum absolute atomic E-state index is 14.0. The van der Waals surface area contributed by atoms with Crippen molar-refractivity contribution in [3.8, 4) is 5.69 Å². The number of amides is 3. The van der Waals surface area contributed by atoms with E-state index in [1.807, 2.05) is 74.6 Å². The Morgan fingerprint density at radius 1 is 1.06 bits per heavy atom. The van der Waals surface area contributed by atoms with Gasteiger partial charge in [0, 0.05) is 17.3 Å². The van der Waals surface area contributed by atoms with Crippen LogP contribution < -0.4 is 10.2 Å². The number of para-hydroxylation sites is 2. The summed E-state index contributed by atoms with van der Waals surface area (Å²) in [6.07, 6.45) is 1.97. The molecule has 2 aromatic carbocycles. The van der Waals surface area contributed by atoms with Crippen LogP contribution >= 0.6 is 11.6 Å². The average Bonchev–Trinajstić information content (AvgIpc) is 3.35. The van der Waals surface area contributed by atoms with Crippen LogP contribution in [0.5, 0.6) is 0 Å². The minimum absolute atomic E-state index is 0.182. The molecule has 0 bridgehead atoms. The highest BCUT2D eigenvalue weighted by Gasteiger charge is 2.37. The van der Waals surface area contributed by atoms with Gasteiger partial charge in [-0.2, -0.15) is 0 Å². The van der Waals surface area contributed by atoms with Gasteiger partial charge in [-0.15, -0.1) is 0 Å². The Labute approximate surface area is 215 Å². The highest BCUT2D eigenvalue weighted by atomic mass is 35.5. The molecule has 1 aliphatic heterocycles. The van der Waals surface area contributed by atoms with Crippen LogP contribution in [0.3, 0.4) is 0 Å². The number of halogens is 1. The predicted molar refractivity (Wildman–Crippen MR) is 138 cm³/mol. The third-order valence-corrected chi connectivity index (χ3v) is 6.27. The molecule has 3 amide bonds. The van der Waals surface area contributed by atoms with Crippen molar-refractivity contribution in [1.29, 1.82) is 0 Å². The predicted octanol–water partition coefficient (Wildman–Crippen LogP) is 4.55. The number of fused-ring (bicyclic) bond motifs is 3. The first-order valence-corrected chi connectivity index (χ1v) is 12.2. The Morgan fingerprint density at radius 3 is 2.50 bits per heavy atom. The van der Waals surface area contributed by atoms with Crippen LogP contribution in [0.1, 0.15) is 38.1 Å². The minimum atomic E-state index is -0.535. The molecule has 36 heavy (non-hydrogen) atoms. The average molecular weight is 509 g/mol. The van der Waals surface area contributed by atoms with Crippen molar-refractivity contribution in [3.05, 3.63) is 83.1 Å². The van der Waals surface area contributed by atoms with Crippen molar-refractivity contribution < 1.29 is 19.1 Å². The van der Waals surface area contributed by atoms with Crippen molar-refractivity contribution >= 4 is 35.2 Å². The highest BCUT2D eigenvalue weighted by Crippen LogP contribution is 2.42. The normalized spacial score (nSPS) is 14.1. The minimum Gasteiger partial charge on any atom is -0.465 e. The number of benzene rings is 2. The molecule has 2 heterocycles. The highest BCUT2D eigenvalue weighted by molar-refractivity contribution is 6.30. The fourth-order valence-corrected chi connectivity index (χ4v) is 4.62. The molecular weight excluding hydrogens is 480 g/mol. The number of urea groups is 1. The zero-order valence-electron chi connectivity index (χ0n) is 20.5. The summed E-state index contributed by atoms with van der Waals surface area (Å²) in [7, 11) is 0. The lowest BCUT2D eigenvalue weighted by atomic mass is 9.97. The van der Waals surface area contributed by atoms with Crippen LogP contribution in [0.2, 0.25) is 5.02 Å². The summed E-state index contributed by atoms with van der Waals surface area (Å²) in [6, 6.07) is 17.8. The molecule has 0 saturated carbocycles. The van der Waals surface area contributed by atoms with Crippen LogP contribution in [0, 0.1) is 0 Å². The summed E-state index contributed by atoms with van der Waals surface area (Å²) in [5.41, 5.74) is 3.36. The molecule has 1 N–H and O–H groups in total. The Balaban J connectivity index is 1.69. The Bertz CT molecular complexity index is 1270. The first kappa shape index (κ1) is 25.3. The zero-order valence-corrected chi connectivity index (χ0v) is 21.2. The third-order valence-electron chi connectivity index (χ3n) is 6.03. The lowest BCUT2D eigenvalue weighted by Gasteiger charge is -2.40. The number of carbonyl (C=O) groups excluding carboxylic acids is 3. The van der Waals surface area contributed by atoms with Crippen LogP contribution in [0.15, 0.2) is 66.9 Å². The molecule has 0 fully saturated rings. The van der Waals surface area contributed by atoms with Crippen molar-refractivity contribution in [3.63, 3.8) is 0 Å². The van der Waals surface area contributed by atoms with Gasteiger partial charge in [-0.25, -0.2) is 4.79 Å². The number of aromatic nitrogens is 1. The van der Waals surface area contributed by atoms with Gasteiger partial charge in [0.25, 0.3) is 0 Å². The van der Waals surface area contributed by atoms with Crippen LogP contribution in [-0.4, -0.2) is 53.1 Å². The third kappa shape index (κ3) is 5.09. The molecule has 9 heteroatoms. The molecule has 4 rings (SSSR count). The molecule has 0 radical (unpaired) electrons. The first-order chi connectivity index (χ1) is 17.3. The monoisotopic (exact) mass is 508 g/mol. The molecule has 1 aromatic heterocycles. The van der Waals surface area contributed by atoms with Crippen molar-refractivity contribution in [2.24, 2.45) is 0 Å². The van der Waals surface area contributed by atoms with E-state index in [0.29, 0.717) is 5.02 Å². The van der Waals surface area contributed by atoms with Gasteiger partial charge in [-0.3, -0.25) is 14.5 Å². The van der Waals surface area contributed by atoms with Crippen molar-refractivity contribution in [1.82, 2.24) is 14.8 Å². The lowest BCUT2D eigenvalue weighted by molar-refractivity contribution is -0.141. The fraction of sp³-hybridized carbons (Fsp3) is 0.296. The van der Waals surface area contributed by atoms with E-state index in [-0.39, 0.29) is 31.6 Å². The van der Waals surface area contributed by atoms with E-state index in [4.69, 9.17) is 16.3 Å². The standard InChI is InChI=1S/C27H29ClN4O4/c1-4-36-25(34)16-29-27(35)31(18(2)3)17-24(33)32-22-12-6-5-11-21(22)30-14-8-13-23(30)26(32)19-9-7-10-20(28)15-19/h5-15,18,26H,4,16-17H2,1-3H3,(H,29,35). The number of nitrogens with one attached hydrogen (secondary N) is 1. The number of ether oxygens (including phenoxy) is 1. The van der Waals surface area contributed by atoms with Gasteiger partial charge in [0.1, 0.15) is 19.1 Å². The Hall–Kier alpha value is -3.78. The number of nitrogens with zero attached hydrogens (tertiary/aromatic N) is 3. The fourth-order valence-electron chi connectivity index (χ4n) is 4.43. The van der Waals surface area contributed by atoms with Gasteiger partial charge < -0.3 is 19.5 Å². The maximum atomic E-state index is 14.0. The quantitative estimate of drug-likeness (QED) is 0.474. The van der Waals surface area contributed by atoms with Crippen molar-refractivity contribution in [2.45, 2.75) is 32.9 Å². The molecule has 188 valence electrons. The van der Waals surface area contributed by atoms with Crippen LogP contribution in [-0.2, 0) is 14.3 Å². The zero-order chi connectivity index (χ0) is 25.8. The summed E-state index contributed by atoms with van der Waals surface area (Å²) in [4.78, 5) is 41.8. The van der Waals surface area contributed by atoms with E-state index in [2.05, 4.69) is 9.88 Å². The van der Waals surface area contributed by atoms with Crippen molar-refractivity contribution in [2.75, 3.05) is 24.6 Å². The summed E-state index contributed by atoms with van der Waals surface area (Å²) >= 11 is 6.33. The number of hydrogen-bond donors (Lipinski definition) is 1. The second kappa shape index (κ2) is 10.9. The molecule has 1 atom stereocenters. The molecule has 8 nitrogen and oxygen atoms in total. The topological polar surface area (TPSA) is 83.9 Å². The molecule has 1 aliphatic rings. The maximum Gasteiger partial charge on any atom is 0.325 e. The molecule has 0 aliphatic carbocycles. The van der Waals surface area contributed by atoms with Gasteiger partial charge in [-0.1, -0.05) is 35.9 Å². The summed E-state index contributed by atoms with van der Waals surface area (Å²) in [5, 5.41) is 3.13. The first-order valence-electron chi connectivity index (χ1n) is 11.9. The summed E-state index contributed by atoms with van der Waals surface area (Å²) in [5.74, 6) is -0.799. The van der Waals surface area contributed by atoms with E-state index in [1.54, 1.807) is 17.9 Å². The number of hydrogen-bond acceptors (Lipinski definition) is 4. The van der Waals surface area contributed by atoms with E-state index in [1.165, 1.54) is 4.90 Å². The molecular formula is C27H29ClN4O4. The Morgan fingerprint density at radius 2 is 1.81 bits per heavy atom. The second-order valence-corrected chi connectivity index (χ2v) is 9.13. The molecule has 0 saturated heterocycles. The number of carbonyl (C=O) groups is 3. The molecule has 0 spiro atoms. The smallest absolute Gasteiger partial charge is 0.325 e. The van der Waals surface area contributed by atoms with E-state index in [9.17, 15) is 14.4 Å². The van der Waals surface area contributed by atoms with Gasteiger partial charge in [0.15, 0.2) is 0 Å². The lowest BCUT2D eigenvalue weighted by Crippen LogP contribution is -2.52. The largest absolute Gasteiger partial charge is 0.465 e. The number of esters is 1. The number of anilines is 1. The van der Waals surface area contributed by atoms with Gasteiger partial charge in [0.2, 0.25) is 5.91 Å². The van der Waals surface area contributed by atoms with Gasteiger partial charge in [-0.05, 0) is 62.7 Å². The summed E-state index contributed by atoms with van der Waals surface area (Å²) in [6.45, 7) is 5.11. The second-order valence-electron chi connectivity index (χ2n) is 8.70. The number of rotatable bonds is 7. The van der Waals surface area contributed by atoms with Crippen LogP contribution in [0.25, 0.3) is 5.69 Å². The van der Waals surface area contributed by atoms with E-state index < -0.39 is 18.0 Å². The molecule has 1 unspecified atom stereocenters. The van der Waals surface area contributed by atoms with Gasteiger partial charge >= 0.3 is 12.0 Å². The van der Waals surface area contributed by atoms with E-state index >= 15 is 0 Å². The molecule has 3 aromatic rings. The van der Waals surface area contributed by atoms with Crippen LogP contribution in [0.4, 0.5) is 10.5 Å². The SMILES string of the molecule is CCOC(=O)CNC(=O)N(CC(=O)N1c2ccccc2-n2cccc2C1c1cccc(Cl)c1)C(C)C. The summed E-state index contributed by atoms with van der Waals surface area (Å²) < 4.78 is 6.95. The van der Waals surface area contributed by atoms with Gasteiger partial charge in [0.05, 0.1) is 23.7 Å². The van der Waals surface area contributed by atoms with E-state index in [0.717, 1.165) is 22.6 Å².